The highest BCUT2D eigenvalue weighted by atomic mass is 19.4. The van der Waals surface area contributed by atoms with Gasteiger partial charge in [0.25, 0.3) is 5.56 Å². The Bertz CT molecular complexity index is 1040. The van der Waals surface area contributed by atoms with Gasteiger partial charge in [0.2, 0.25) is 0 Å². The van der Waals surface area contributed by atoms with Gasteiger partial charge in [-0.1, -0.05) is 31.9 Å². The van der Waals surface area contributed by atoms with Gasteiger partial charge in [0.1, 0.15) is 11.2 Å². The lowest BCUT2D eigenvalue weighted by atomic mass is 10.1. The van der Waals surface area contributed by atoms with Crippen LogP contribution in [0.3, 0.4) is 0 Å². The predicted molar refractivity (Wildman–Crippen MR) is 99.3 cm³/mol. The average molecular weight is 390 g/mol. The minimum atomic E-state index is -4.37. The van der Waals surface area contributed by atoms with E-state index in [9.17, 15) is 18.0 Å². The molecule has 5 nitrogen and oxygen atoms in total. The molecule has 0 aliphatic heterocycles. The summed E-state index contributed by atoms with van der Waals surface area (Å²) in [6.45, 7) is 1.95. The molecule has 0 radical (unpaired) electrons. The highest BCUT2D eigenvalue weighted by Gasteiger charge is 2.30. The number of benzene rings is 1. The van der Waals surface area contributed by atoms with Crippen LogP contribution < -0.4 is 5.56 Å². The third kappa shape index (κ3) is 3.43. The van der Waals surface area contributed by atoms with Crippen LogP contribution in [-0.2, 0) is 19.0 Å². The molecule has 1 saturated carbocycles. The van der Waals surface area contributed by atoms with Gasteiger partial charge in [0, 0.05) is 6.42 Å². The molecular formula is C20H21F3N4O. The second-order valence-electron chi connectivity index (χ2n) is 7.27. The van der Waals surface area contributed by atoms with E-state index in [1.807, 2.05) is 11.6 Å². The lowest BCUT2D eigenvalue weighted by Gasteiger charge is -2.11. The second kappa shape index (κ2) is 7.07. The van der Waals surface area contributed by atoms with Gasteiger partial charge in [-0.05, 0) is 37.0 Å². The zero-order valence-electron chi connectivity index (χ0n) is 15.5. The van der Waals surface area contributed by atoms with Crippen LogP contribution >= 0.6 is 0 Å². The lowest BCUT2D eigenvalue weighted by Crippen LogP contribution is -2.15. The Balaban J connectivity index is 1.72. The molecule has 0 amide bonds. The maximum Gasteiger partial charge on any atom is 0.416 e. The number of halogens is 3. The van der Waals surface area contributed by atoms with Crippen LogP contribution in [0.25, 0.3) is 11.0 Å². The second-order valence-corrected chi connectivity index (χ2v) is 7.27. The van der Waals surface area contributed by atoms with Crippen molar-refractivity contribution in [2.24, 2.45) is 0 Å². The number of aromatic nitrogens is 4. The van der Waals surface area contributed by atoms with E-state index in [-0.39, 0.29) is 18.0 Å². The number of nitrogens with one attached hydrogen (secondary N) is 1. The highest BCUT2D eigenvalue weighted by Crippen LogP contribution is 2.32. The van der Waals surface area contributed by atoms with Crippen molar-refractivity contribution in [3.8, 4) is 0 Å². The molecule has 1 fully saturated rings. The molecule has 3 aromatic rings. The van der Waals surface area contributed by atoms with E-state index in [0.29, 0.717) is 28.8 Å². The summed E-state index contributed by atoms with van der Waals surface area (Å²) >= 11 is 0. The van der Waals surface area contributed by atoms with Crippen LogP contribution in [0.5, 0.6) is 0 Å². The number of hydrogen-bond donors (Lipinski definition) is 1. The number of alkyl halides is 3. The number of fused-ring (bicyclic) bond motifs is 1. The standard InChI is InChI=1S/C20H21F3N4O/c1-2-15-17-18(27(26-15)14-5-3-4-6-14)24-16(25-19(17)28)11-12-7-9-13(10-8-12)20(21,22)23/h7-10,14H,2-6,11H2,1H3,(H,24,25,28). The molecule has 1 aliphatic rings. The minimum absolute atomic E-state index is 0.243. The van der Waals surface area contributed by atoms with Crippen molar-refractivity contribution >= 4 is 11.0 Å². The normalized spacial score (nSPS) is 15.6. The highest BCUT2D eigenvalue weighted by molar-refractivity contribution is 5.77. The van der Waals surface area contributed by atoms with Crippen molar-refractivity contribution in [2.45, 2.75) is 57.7 Å². The van der Waals surface area contributed by atoms with Gasteiger partial charge in [-0.25, -0.2) is 9.67 Å². The van der Waals surface area contributed by atoms with Crippen molar-refractivity contribution in [3.05, 3.63) is 57.3 Å². The number of aromatic amines is 1. The number of nitrogens with zero attached hydrogens (tertiary/aromatic N) is 3. The quantitative estimate of drug-likeness (QED) is 0.718. The van der Waals surface area contributed by atoms with Crippen molar-refractivity contribution < 1.29 is 13.2 Å². The average Bonchev–Trinajstić information content (AvgIpc) is 3.28. The maximum absolute atomic E-state index is 12.7. The molecule has 4 rings (SSSR count). The monoisotopic (exact) mass is 390 g/mol. The number of aryl methyl sites for hydroxylation is 1. The van der Waals surface area contributed by atoms with Gasteiger partial charge in [0.05, 0.1) is 17.3 Å². The van der Waals surface area contributed by atoms with Crippen LogP contribution in [0.1, 0.15) is 61.3 Å². The van der Waals surface area contributed by atoms with Gasteiger partial charge in [0.15, 0.2) is 5.65 Å². The molecule has 28 heavy (non-hydrogen) atoms. The van der Waals surface area contributed by atoms with Gasteiger partial charge in [-0.2, -0.15) is 18.3 Å². The zero-order chi connectivity index (χ0) is 19.9. The number of rotatable bonds is 4. The van der Waals surface area contributed by atoms with E-state index in [4.69, 9.17) is 0 Å². The molecule has 0 bridgehead atoms. The third-order valence-corrected chi connectivity index (χ3v) is 5.34. The summed E-state index contributed by atoms with van der Waals surface area (Å²) in [5.74, 6) is 0.430. The predicted octanol–water partition coefficient (Wildman–Crippen LogP) is 4.41. The largest absolute Gasteiger partial charge is 0.416 e. The Morgan fingerprint density at radius 3 is 2.46 bits per heavy atom. The van der Waals surface area contributed by atoms with Crippen LogP contribution in [0.15, 0.2) is 29.1 Å². The third-order valence-electron chi connectivity index (χ3n) is 5.34. The molecule has 2 heterocycles. The summed E-state index contributed by atoms with van der Waals surface area (Å²) in [7, 11) is 0. The summed E-state index contributed by atoms with van der Waals surface area (Å²) in [4.78, 5) is 20.1. The molecule has 0 atom stereocenters. The van der Waals surface area contributed by atoms with E-state index in [2.05, 4.69) is 15.1 Å². The summed E-state index contributed by atoms with van der Waals surface area (Å²) in [6.07, 6.45) is 0.823. The first-order valence-corrected chi connectivity index (χ1v) is 9.53. The van der Waals surface area contributed by atoms with Gasteiger partial charge in [-0.15, -0.1) is 0 Å². The van der Waals surface area contributed by atoms with Gasteiger partial charge >= 0.3 is 6.18 Å². The van der Waals surface area contributed by atoms with Crippen LogP contribution in [0, 0.1) is 0 Å². The molecular weight excluding hydrogens is 369 g/mol. The fraction of sp³-hybridized carbons (Fsp3) is 0.450. The summed E-state index contributed by atoms with van der Waals surface area (Å²) < 4.78 is 40.1. The van der Waals surface area contributed by atoms with E-state index >= 15 is 0 Å². The molecule has 0 unspecified atom stereocenters. The molecule has 0 saturated heterocycles. The Hall–Kier alpha value is -2.64. The van der Waals surface area contributed by atoms with E-state index in [1.54, 1.807) is 0 Å². The SMILES string of the molecule is CCc1nn(C2CCCC2)c2nc(Cc3ccc(C(F)(F)F)cc3)[nH]c(=O)c12. The summed E-state index contributed by atoms with van der Waals surface area (Å²) in [5.41, 5.74) is 1.03. The Morgan fingerprint density at radius 2 is 1.86 bits per heavy atom. The summed E-state index contributed by atoms with van der Waals surface area (Å²) in [5, 5.41) is 5.17. The van der Waals surface area contributed by atoms with Crippen molar-refractivity contribution in [1.29, 1.82) is 0 Å². The van der Waals surface area contributed by atoms with Crippen molar-refractivity contribution in [1.82, 2.24) is 19.7 Å². The number of H-pyrrole nitrogens is 1. The Labute approximate surface area is 159 Å². The van der Waals surface area contributed by atoms with Crippen molar-refractivity contribution in [3.63, 3.8) is 0 Å². The molecule has 8 heteroatoms. The first-order valence-electron chi connectivity index (χ1n) is 9.53. The Morgan fingerprint density at radius 1 is 1.18 bits per heavy atom. The fourth-order valence-corrected chi connectivity index (χ4v) is 3.90. The van der Waals surface area contributed by atoms with Crippen molar-refractivity contribution in [2.75, 3.05) is 0 Å². The molecule has 1 N–H and O–H groups in total. The van der Waals surface area contributed by atoms with E-state index < -0.39 is 11.7 Å². The van der Waals surface area contributed by atoms with E-state index in [0.717, 1.165) is 43.5 Å². The molecule has 1 aliphatic carbocycles. The van der Waals surface area contributed by atoms with Crippen LogP contribution in [-0.4, -0.2) is 19.7 Å². The molecule has 1 aromatic carbocycles. The first kappa shape index (κ1) is 18.7. The smallest absolute Gasteiger partial charge is 0.310 e. The molecule has 0 spiro atoms. The summed E-state index contributed by atoms with van der Waals surface area (Å²) in [6, 6.07) is 5.17. The van der Waals surface area contributed by atoms with Gasteiger partial charge < -0.3 is 4.98 Å². The van der Waals surface area contributed by atoms with Crippen LogP contribution in [0.4, 0.5) is 13.2 Å². The fourth-order valence-electron chi connectivity index (χ4n) is 3.90. The number of hydrogen-bond acceptors (Lipinski definition) is 3. The minimum Gasteiger partial charge on any atom is -0.310 e. The molecule has 148 valence electrons. The van der Waals surface area contributed by atoms with E-state index in [1.165, 1.54) is 12.1 Å². The lowest BCUT2D eigenvalue weighted by molar-refractivity contribution is -0.137. The van der Waals surface area contributed by atoms with Gasteiger partial charge in [-0.3, -0.25) is 4.79 Å². The topological polar surface area (TPSA) is 63.6 Å². The maximum atomic E-state index is 12.7. The Kier molecular flexibility index (Phi) is 4.72. The molecule has 2 aromatic heterocycles. The van der Waals surface area contributed by atoms with Crippen LogP contribution in [0.2, 0.25) is 0 Å². The first-order chi connectivity index (χ1) is 13.4. The zero-order valence-corrected chi connectivity index (χ0v) is 15.5.